The molecule has 0 fully saturated rings. The summed E-state index contributed by atoms with van der Waals surface area (Å²) in [7, 11) is 1.93. The highest BCUT2D eigenvalue weighted by Gasteiger charge is 2.06. The first-order chi connectivity index (χ1) is 8.58. The highest BCUT2D eigenvalue weighted by molar-refractivity contribution is 6.33. The van der Waals surface area contributed by atoms with Crippen molar-refractivity contribution in [3.63, 3.8) is 0 Å². The van der Waals surface area contributed by atoms with Crippen LogP contribution in [0.4, 0.5) is 5.69 Å². The molecule has 94 valence electrons. The van der Waals surface area contributed by atoms with Crippen LogP contribution in [0.15, 0.2) is 30.6 Å². The van der Waals surface area contributed by atoms with Crippen LogP contribution in [0.1, 0.15) is 23.1 Å². The Balaban J connectivity index is 2.16. The Morgan fingerprint density at radius 1 is 1.50 bits per heavy atom. The highest BCUT2D eigenvalue weighted by Crippen LogP contribution is 2.23. The van der Waals surface area contributed by atoms with Crippen molar-refractivity contribution >= 4 is 23.1 Å². The maximum Gasteiger partial charge on any atom is 0.159 e. The van der Waals surface area contributed by atoms with Crippen molar-refractivity contribution in [1.82, 2.24) is 9.55 Å². The first-order valence-electron chi connectivity index (χ1n) is 5.58. The van der Waals surface area contributed by atoms with Crippen molar-refractivity contribution in [3.8, 4) is 0 Å². The third-order valence-corrected chi connectivity index (χ3v) is 3.06. The van der Waals surface area contributed by atoms with Crippen LogP contribution in [-0.4, -0.2) is 15.3 Å². The second-order valence-electron chi connectivity index (χ2n) is 4.06. The molecule has 0 radical (unpaired) electrons. The van der Waals surface area contributed by atoms with Gasteiger partial charge in [0.25, 0.3) is 0 Å². The zero-order valence-electron chi connectivity index (χ0n) is 10.3. The summed E-state index contributed by atoms with van der Waals surface area (Å²) in [6, 6.07) is 5.20. The van der Waals surface area contributed by atoms with Crippen molar-refractivity contribution in [2.24, 2.45) is 7.05 Å². The molecule has 0 aliphatic heterocycles. The molecule has 0 saturated heterocycles. The van der Waals surface area contributed by atoms with E-state index in [0.29, 0.717) is 17.1 Å². The quantitative estimate of drug-likeness (QED) is 0.863. The third kappa shape index (κ3) is 2.71. The fourth-order valence-electron chi connectivity index (χ4n) is 1.62. The number of aryl methyl sites for hydroxylation is 1. The Bertz CT molecular complexity index is 577. The SMILES string of the molecule is CC(=O)c1ccc(Cl)c(NCc2nccn2C)c1. The molecule has 4 nitrogen and oxygen atoms in total. The average Bonchev–Trinajstić information content (AvgIpc) is 2.73. The van der Waals surface area contributed by atoms with Gasteiger partial charge in [0.15, 0.2) is 5.78 Å². The second kappa shape index (κ2) is 5.23. The van der Waals surface area contributed by atoms with E-state index in [2.05, 4.69) is 10.3 Å². The van der Waals surface area contributed by atoms with Crippen LogP contribution in [-0.2, 0) is 13.6 Å². The molecule has 1 heterocycles. The van der Waals surface area contributed by atoms with E-state index in [-0.39, 0.29) is 5.78 Å². The van der Waals surface area contributed by atoms with Crippen LogP contribution in [0, 0.1) is 0 Å². The first kappa shape index (κ1) is 12.6. The smallest absolute Gasteiger partial charge is 0.159 e. The van der Waals surface area contributed by atoms with Gasteiger partial charge in [-0.15, -0.1) is 0 Å². The Morgan fingerprint density at radius 3 is 2.89 bits per heavy atom. The Hall–Kier alpha value is -1.81. The number of imidazole rings is 1. The summed E-state index contributed by atoms with van der Waals surface area (Å²) in [5.74, 6) is 0.922. The molecule has 0 unspecified atom stereocenters. The van der Waals surface area contributed by atoms with E-state index in [1.807, 2.05) is 17.8 Å². The number of hydrogen-bond donors (Lipinski definition) is 1. The molecule has 0 atom stereocenters. The summed E-state index contributed by atoms with van der Waals surface area (Å²) in [6.07, 6.45) is 3.62. The lowest BCUT2D eigenvalue weighted by molar-refractivity contribution is 0.101. The maximum absolute atomic E-state index is 11.3. The molecule has 18 heavy (non-hydrogen) atoms. The summed E-state index contributed by atoms with van der Waals surface area (Å²) in [5, 5.41) is 3.78. The highest BCUT2D eigenvalue weighted by atomic mass is 35.5. The predicted octanol–water partition coefficient (Wildman–Crippen LogP) is 2.89. The lowest BCUT2D eigenvalue weighted by atomic mass is 10.1. The van der Waals surface area contributed by atoms with Crippen LogP contribution in [0.5, 0.6) is 0 Å². The molecule has 2 aromatic rings. The van der Waals surface area contributed by atoms with E-state index in [0.717, 1.165) is 11.5 Å². The summed E-state index contributed by atoms with van der Waals surface area (Å²) in [6.45, 7) is 2.09. The summed E-state index contributed by atoms with van der Waals surface area (Å²) in [4.78, 5) is 15.5. The van der Waals surface area contributed by atoms with E-state index in [9.17, 15) is 4.79 Å². The van der Waals surface area contributed by atoms with Crippen molar-refractivity contribution in [2.75, 3.05) is 5.32 Å². The molecule has 0 saturated carbocycles. The van der Waals surface area contributed by atoms with Crippen molar-refractivity contribution in [3.05, 3.63) is 47.0 Å². The molecule has 5 heteroatoms. The molecule has 0 bridgehead atoms. The minimum absolute atomic E-state index is 0.0201. The van der Waals surface area contributed by atoms with E-state index in [1.54, 1.807) is 24.4 Å². The monoisotopic (exact) mass is 263 g/mol. The number of ketones is 1. The van der Waals surface area contributed by atoms with Crippen LogP contribution in [0.3, 0.4) is 0 Å². The molecule has 0 aliphatic carbocycles. The minimum Gasteiger partial charge on any atom is -0.377 e. The number of anilines is 1. The minimum atomic E-state index is 0.0201. The van der Waals surface area contributed by atoms with Gasteiger partial charge in [0.1, 0.15) is 5.82 Å². The van der Waals surface area contributed by atoms with Gasteiger partial charge in [0, 0.05) is 25.0 Å². The molecule has 1 aromatic carbocycles. The number of benzene rings is 1. The van der Waals surface area contributed by atoms with Gasteiger partial charge in [-0.25, -0.2) is 4.98 Å². The average molecular weight is 264 g/mol. The maximum atomic E-state index is 11.3. The number of carbonyl (C=O) groups is 1. The summed E-state index contributed by atoms with van der Waals surface area (Å²) >= 11 is 6.08. The molecule has 1 N–H and O–H groups in total. The van der Waals surface area contributed by atoms with Crippen LogP contribution >= 0.6 is 11.6 Å². The number of Topliss-reactive ketones (excluding diaryl/α,β-unsaturated/α-hetero) is 1. The molecule has 1 aromatic heterocycles. The van der Waals surface area contributed by atoms with E-state index in [4.69, 9.17) is 11.6 Å². The lowest BCUT2D eigenvalue weighted by Gasteiger charge is -2.09. The number of nitrogens with zero attached hydrogens (tertiary/aromatic N) is 2. The van der Waals surface area contributed by atoms with Crippen LogP contribution in [0.25, 0.3) is 0 Å². The second-order valence-corrected chi connectivity index (χ2v) is 4.47. The number of carbonyl (C=O) groups excluding carboxylic acids is 1. The zero-order valence-corrected chi connectivity index (χ0v) is 11.0. The van der Waals surface area contributed by atoms with Gasteiger partial charge in [-0.1, -0.05) is 11.6 Å². The van der Waals surface area contributed by atoms with Crippen LogP contribution in [0.2, 0.25) is 5.02 Å². The summed E-state index contributed by atoms with van der Waals surface area (Å²) in [5.41, 5.74) is 1.38. The van der Waals surface area contributed by atoms with Gasteiger partial charge >= 0.3 is 0 Å². The van der Waals surface area contributed by atoms with E-state index in [1.165, 1.54) is 6.92 Å². The first-order valence-corrected chi connectivity index (χ1v) is 5.96. The number of hydrogen-bond acceptors (Lipinski definition) is 3. The molecule has 0 amide bonds. The number of aromatic nitrogens is 2. The summed E-state index contributed by atoms with van der Waals surface area (Å²) < 4.78 is 1.93. The van der Waals surface area contributed by atoms with Gasteiger partial charge in [0.05, 0.1) is 17.3 Å². The Kier molecular flexibility index (Phi) is 3.67. The molecular formula is C13H14ClN3O. The normalized spacial score (nSPS) is 10.4. The molecular weight excluding hydrogens is 250 g/mol. The lowest BCUT2D eigenvalue weighted by Crippen LogP contribution is -2.06. The number of halogens is 1. The van der Waals surface area contributed by atoms with Gasteiger partial charge in [-0.2, -0.15) is 0 Å². The molecule has 0 aliphatic rings. The number of rotatable bonds is 4. The third-order valence-electron chi connectivity index (χ3n) is 2.73. The fraction of sp³-hybridized carbons (Fsp3) is 0.231. The largest absolute Gasteiger partial charge is 0.377 e. The molecule has 0 spiro atoms. The number of nitrogens with one attached hydrogen (secondary N) is 1. The standard InChI is InChI=1S/C13H14ClN3O/c1-9(18)10-3-4-11(14)12(7-10)16-8-13-15-5-6-17(13)2/h3-7,16H,8H2,1-2H3. The van der Waals surface area contributed by atoms with Gasteiger partial charge in [-0.05, 0) is 25.1 Å². The predicted molar refractivity (Wildman–Crippen MR) is 72.0 cm³/mol. The van der Waals surface area contributed by atoms with Gasteiger partial charge in [-0.3, -0.25) is 4.79 Å². The van der Waals surface area contributed by atoms with Crippen molar-refractivity contribution in [1.29, 1.82) is 0 Å². The zero-order chi connectivity index (χ0) is 13.1. The fourth-order valence-corrected chi connectivity index (χ4v) is 1.81. The van der Waals surface area contributed by atoms with Gasteiger partial charge < -0.3 is 9.88 Å². The van der Waals surface area contributed by atoms with Crippen LogP contribution < -0.4 is 5.32 Å². The molecule has 2 rings (SSSR count). The Labute approximate surface area is 111 Å². The topological polar surface area (TPSA) is 46.9 Å². The van der Waals surface area contributed by atoms with Crippen molar-refractivity contribution < 1.29 is 4.79 Å². The van der Waals surface area contributed by atoms with E-state index >= 15 is 0 Å². The van der Waals surface area contributed by atoms with E-state index < -0.39 is 0 Å². The van der Waals surface area contributed by atoms with Gasteiger partial charge in [0.2, 0.25) is 0 Å². The van der Waals surface area contributed by atoms with Crippen molar-refractivity contribution in [2.45, 2.75) is 13.5 Å². The Morgan fingerprint density at radius 2 is 2.28 bits per heavy atom.